The number of carbonyl (C=O) groups is 3. The molecule has 1 saturated heterocycles. The van der Waals surface area contributed by atoms with Crippen LogP contribution in [0.15, 0.2) is 89.2 Å². The number of methoxy groups -OCH3 is 1. The maximum atomic E-state index is 13.1. The summed E-state index contributed by atoms with van der Waals surface area (Å²) in [7, 11) is 1.53. The SMILES string of the molecule is COc1ccc(N2C(=O)C3N=NN(CC(=O)Nc4ccc(Oc5ccccc5)cc4)C3C2=O)cc1. The van der Waals surface area contributed by atoms with Gasteiger partial charge in [-0.05, 0) is 60.7 Å². The molecule has 0 radical (unpaired) electrons. The Kier molecular flexibility index (Phi) is 5.84. The quantitative estimate of drug-likeness (QED) is 0.529. The Labute approximate surface area is 200 Å². The van der Waals surface area contributed by atoms with Crippen molar-refractivity contribution in [1.29, 1.82) is 0 Å². The molecule has 10 heteroatoms. The molecule has 3 amide bonds. The van der Waals surface area contributed by atoms with E-state index in [4.69, 9.17) is 9.47 Å². The average molecular weight is 471 g/mol. The molecule has 2 aliphatic heterocycles. The number of carbonyl (C=O) groups excluding carboxylic acids is 3. The van der Waals surface area contributed by atoms with Crippen LogP contribution in [0.5, 0.6) is 17.2 Å². The Morgan fingerprint density at radius 3 is 2.23 bits per heavy atom. The zero-order chi connectivity index (χ0) is 24.4. The topological polar surface area (TPSA) is 113 Å². The third kappa shape index (κ3) is 4.41. The summed E-state index contributed by atoms with van der Waals surface area (Å²) in [5, 5.41) is 11.9. The van der Waals surface area contributed by atoms with E-state index >= 15 is 0 Å². The van der Waals surface area contributed by atoms with E-state index in [9.17, 15) is 14.4 Å². The Hall–Kier alpha value is -4.73. The van der Waals surface area contributed by atoms with Crippen molar-refractivity contribution in [1.82, 2.24) is 5.01 Å². The van der Waals surface area contributed by atoms with Crippen molar-refractivity contribution in [3.63, 3.8) is 0 Å². The van der Waals surface area contributed by atoms with Crippen LogP contribution >= 0.6 is 0 Å². The maximum absolute atomic E-state index is 13.1. The predicted molar refractivity (Wildman–Crippen MR) is 126 cm³/mol. The molecule has 1 N–H and O–H groups in total. The van der Waals surface area contributed by atoms with E-state index in [-0.39, 0.29) is 6.54 Å². The first-order chi connectivity index (χ1) is 17.0. The summed E-state index contributed by atoms with van der Waals surface area (Å²) in [6.07, 6.45) is 0. The number of ether oxygens (including phenoxy) is 2. The molecule has 10 nitrogen and oxygen atoms in total. The number of fused-ring (bicyclic) bond motifs is 1. The van der Waals surface area contributed by atoms with Crippen LogP contribution in [0.4, 0.5) is 11.4 Å². The summed E-state index contributed by atoms with van der Waals surface area (Å²) in [5.74, 6) is 0.572. The molecule has 0 aliphatic carbocycles. The first-order valence-corrected chi connectivity index (χ1v) is 10.9. The van der Waals surface area contributed by atoms with Crippen LogP contribution in [0, 0.1) is 0 Å². The first-order valence-electron chi connectivity index (χ1n) is 10.9. The highest BCUT2D eigenvalue weighted by Crippen LogP contribution is 2.32. The lowest BCUT2D eigenvalue weighted by Crippen LogP contribution is -2.43. The van der Waals surface area contributed by atoms with Crippen LogP contribution in [0.3, 0.4) is 0 Å². The van der Waals surface area contributed by atoms with E-state index in [2.05, 4.69) is 15.7 Å². The molecule has 35 heavy (non-hydrogen) atoms. The lowest BCUT2D eigenvalue weighted by atomic mass is 10.1. The molecule has 5 rings (SSSR count). The van der Waals surface area contributed by atoms with Gasteiger partial charge in [0.25, 0.3) is 11.8 Å². The number of rotatable bonds is 7. The standard InChI is InChI=1S/C25H21N5O5/c1-34-18-13-9-17(10-14-18)30-24(32)22-23(25(30)33)29(28-27-22)15-21(31)26-16-7-11-20(12-8-16)35-19-5-3-2-4-6-19/h2-14,22-23H,15H2,1H3,(H,26,31). The van der Waals surface area contributed by atoms with Gasteiger partial charge in [0.1, 0.15) is 23.8 Å². The van der Waals surface area contributed by atoms with Crippen LogP contribution in [0.25, 0.3) is 0 Å². The van der Waals surface area contributed by atoms with E-state index in [1.165, 1.54) is 12.1 Å². The molecule has 2 unspecified atom stereocenters. The monoisotopic (exact) mass is 471 g/mol. The highest BCUT2D eigenvalue weighted by Gasteiger charge is 2.55. The lowest BCUT2D eigenvalue weighted by Gasteiger charge is -2.20. The molecule has 0 saturated carbocycles. The summed E-state index contributed by atoms with van der Waals surface area (Å²) in [5.41, 5.74) is 0.962. The molecule has 0 bridgehead atoms. The molecule has 1 fully saturated rings. The molecule has 2 aliphatic rings. The van der Waals surface area contributed by atoms with Gasteiger partial charge in [0.15, 0.2) is 12.1 Å². The van der Waals surface area contributed by atoms with Crippen molar-refractivity contribution in [2.24, 2.45) is 10.3 Å². The number of hydrogen-bond acceptors (Lipinski definition) is 8. The molecule has 2 atom stereocenters. The number of anilines is 2. The van der Waals surface area contributed by atoms with Gasteiger partial charge in [-0.25, -0.2) is 4.90 Å². The van der Waals surface area contributed by atoms with Gasteiger partial charge in [-0.2, -0.15) is 5.11 Å². The summed E-state index contributed by atoms with van der Waals surface area (Å²) in [6, 6.07) is 20.9. The van der Waals surface area contributed by atoms with Crippen LogP contribution < -0.4 is 19.7 Å². The van der Waals surface area contributed by atoms with Crippen LogP contribution in [-0.2, 0) is 14.4 Å². The maximum Gasteiger partial charge on any atom is 0.263 e. The van der Waals surface area contributed by atoms with Gasteiger partial charge in [-0.3, -0.25) is 19.4 Å². The molecule has 0 spiro atoms. The minimum Gasteiger partial charge on any atom is -0.497 e. The molecular formula is C25H21N5O5. The summed E-state index contributed by atoms with van der Waals surface area (Å²) in [6.45, 7) is -0.234. The number of amides is 3. The second-order valence-electron chi connectivity index (χ2n) is 7.89. The van der Waals surface area contributed by atoms with E-state index < -0.39 is 29.8 Å². The Morgan fingerprint density at radius 1 is 0.886 bits per heavy atom. The van der Waals surface area contributed by atoms with Crippen molar-refractivity contribution in [2.75, 3.05) is 23.9 Å². The molecular weight excluding hydrogens is 450 g/mol. The molecule has 176 valence electrons. The minimum atomic E-state index is -0.980. The fourth-order valence-electron chi connectivity index (χ4n) is 3.92. The van der Waals surface area contributed by atoms with Gasteiger partial charge in [-0.15, -0.1) is 0 Å². The zero-order valence-electron chi connectivity index (χ0n) is 18.7. The van der Waals surface area contributed by atoms with E-state index in [0.29, 0.717) is 28.6 Å². The normalized spacial score (nSPS) is 18.5. The zero-order valence-corrected chi connectivity index (χ0v) is 18.7. The van der Waals surface area contributed by atoms with E-state index in [0.717, 1.165) is 4.90 Å². The molecule has 2 heterocycles. The van der Waals surface area contributed by atoms with Gasteiger partial charge in [0.05, 0.1) is 12.8 Å². The molecule has 3 aromatic rings. The Balaban J connectivity index is 1.21. The number of hydrogen-bond donors (Lipinski definition) is 1. The van der Waals surface area contributed by atoms with Crippen molar-refractivity contribution < 1.29 is 23.9 Å². The molecule has 0 aromatic heterocycles. The van der Waals surface area contributed by atoms with Crippen molar-refractivity contribution in [3.8, 4) is 17.2 Å². The Morgan fingerprint density at radius 2 is 1.54 bits per heavy atom. The third-order valence-corrected chi connectivity index (χ3v) is 5.61. The van der Waals surface area contributed by atoms with Crippen molar-refractivity contribution >= 4 is 29.1 Å². The fraction of sp³-hybridized carbons (Fsp3) is 0.160. The highest BCUT2D eigenvalue weighted by atomic mass is 16.5. The second kappa shape index (κ2) is 9.26. The van der Waals surface area contributed by atoms with Crippen molar-refractivity contribution in [3.05, 3.63) is 78.9 Å². The van der Waals surface area contributed by atoms with Gasteiger partial charge in [0, 0.05) is 5.69 Å². The predicted octanol–water partition coefficient (Wildman–Crippen LogP) is 3.42. The third-order valence-electron chi connectivity index (χ3n) is 5.61. The number of benzene rings is 3. The number of imide groups is 1. The fourth-order valence-corrected chi connectivity index (χ4v) is 3.92. The number of para-hydroxylation sites is 1. The minimum absolute atomic E-state index is 0.234. The first kappa shape index (κ1) is 22.1. The smallest absolute Gasteiger partial charge is 0.263 e. The summed E-state index contributed by atoms with van der Waals surface area (Å²) in [4.78, 5) is 39.6. The van der Waals surface area contributed by atoms with Crippen LogP contribution in [0.1, 0.15) is 0 Å². The average Bonchev–Trinajstić information content (AvgIpc) is 3.40. The summed E-state index contributed by atoms with van der Waals surface area (Å²) >= 11 is 0. The second-order valence-corrected chi connectivity index (χ2v) is 7.89. The summed E-state index contributed by atoms with van der Waals surface area (Å²) < 4.78 is 10.9. The van der Waals surface area contributed by atoms with Crippen LogP contribution in [0.2, 0.25) is 0 Å². The largest absolute Gasteiger partial charge is 0.497 e. The number of nitrogens with one attached hydrogen (secondary N) is 1. The Bertz CT molecular complexity index is 1280. The van der Waals surface area contributed by atoms with Gasteiger partial charge < -0.3 is 14.8 Å². The van der Waals surface area contributed by atoms with Gasteiger partial charge >= 0.3 is 0 Å². The highest BCUT2D eigenvalue weighted by molar-refractivity contribution is 6.25. The number of nitrogens with zero attached hydrogens (tertiary/aromatic N) is 4. The van der Waals surface area contributed by atoms with Gasteiger partial charge in [-0.1, -0.05) is 23.4 Å². The van der Waals surface area contributed by atoms with E-state index in [1.54, 1.807) is 48.5 Å². The van der Waals surface area contributed by atoms with Crippen molar-refractivity contribution in [2.45, 2.75) is 12.1 Å². The van der Waals surface area contributed by atoms with E-state index in [1.807, 2.05) is 30.3 Å². The van der Waals surface area contributed by atoms with Crippen LogP contribution in [-0.4, -0.2) is 48.5 Å². The van der Waals surface area contributed by atoms with Gasteiger partial charge in [0.2, 0.25) is 5.91 Å². The lowest BCUT2D eigenvalue weighted by molar-refractivity contribution is -0.123. The molecule has 3 aromatic carbocycles.